The quantitative estimate of drug-likeness (QED) is 0.531. The van der Waals surface area contributed by atoms with Crippen LogP contribution in [0.4, 0.5) is 0 Å². The zero-order chi connectivity index (χ0) is 3.58. The summed E-state index contributed by atoms with van der Waals surface area (Å²) in [4.78, 5) is 0. The summed E-state index contributed by atoms with van der Waals surface area (Å²) >= 11 is -3.11. The Kier molecular flexibility index (Phi) is 24.4. The molecule has 0 aliphatic rings. The van der Waals surface area contributed by atoms with Gasteiger partial charge in [-0.15, -0.1) is 11.4 Å². The molecule has 42 valence electrons. The average Bonchev–Trinajstić information content (AvgIpc) is 0.811. The molecule has 0 aliphatic carbocycles. The van der Waals surface area contributed by atoms with Crippen LogP contribution in [-0.4, -0.2) is 18.8 Å². The van der Waals surface area contributed by atoms with E-state index in [9.17, 15) is 0 Å². The van der Waals surface area contributed by atoms with Crippen LogP contribution in [0.15, 0.2) is 0 Å². The predicted molar refractivity (Wildman–Crippen MR) is 12.7 cm³/mol. The first-order valence-corrected chi connectivity index (χ1v) is 1.50. The molecule has 0 saturated heterocycles. The van der Waals surface area contributed by atoms with E-state index in [1.54, 1.807) is 0 Å². The second-order valence-electron chi connectivity index (χ2n) is 0.204. The van der Waals surface area contributed by atoms with Gasteiger partial charge < -0.3 is 14.6 Å². The number of hydrogen-bond donors (Lipinski definition) is 0. The van der Waals surface area contributed by atoms with Crippen LogP contribution in [0.1, 0.15) is 1.43 Å². The first-order chi connectivity index (χ1) is 1.73. The smallest absolute Gasteiger partial charge is 0.870 e. The summed E-state index contributed by atoms with van der Waals surface area (Å²) in [6.07, 6.45) is 0. The molecule has 0 heterocycles. The standard InChI is InChI=1S/H2O3S.H2O.Pt/c1-4(2)3;;/h(H2,1,2,3);1H2;/q;;+2/p-2. The molecular weight excluding hydrogens is 291 g/mol. The molecule has 0 unspecified atom stereocenters. The van der Waals surface area contributed by atoms with Crippen LogP contribution >= 0.6 is 0 Å². The molecule has 0 atom stereocenters. The third-order valence-corrected chi connectivity index (χ3v) is 0. The van der Waals surface area contributed by atoms with Crippen molar-refractivity contribution in [2.24, 2.45) is 0 Å². The van der Waals surface area contributed by atoms with Gasteiger partial charge in [0.15, 0.2) is 0 Å². The van der Waals surface area contributed by atoms with E-state index in [4.69, 9.17) is 13.3 Å². The average molecular weight is 293 g/mol. The van der Waals surface area contributed by atoms with E-state index in [1.165, 1.54) is 0 Å². The van der Waals surface area contributed by atoms with E-state index >= 15 is 0 Å². The Bertz CT molecular complexity index is 34.7. The number of rotatable bonds is 0. The van der Waals surface area contributed by atoms with Gasteiger partial charge in [0.2, 0.25) is 0 Å². The molecule has 0 radical (unpaired) electrons. The Morgan fingerprint density at radius 1 is 1.50 bits per heavy atom. The summed E-state index contributed by atoms with van der Waals surface area (Å²) in [5.74, 6) is 0. The summed E-state index contributed by atoms with van der Waals surface area (Å²) in [5.41, 5.74) is 0. The maximum absolute atomic E-state index is 8.44. The van der Waals surface area contributed by atoms with Crippen molar-refractivity contribution in [3.8, 4) is 0 Å². The maximum atomic E-state index is 8.44. The van der Waals surface area contributed by atoms with Crippen molar-refractivity contribution < 1.29 is 41.3 Å². The van der Waals surface area contributed by atoms with Crippen LogP contribution in [0.3, 0.4) is 0 Å². The summed E-state index contributed by atoms with van der Waals surface area (Å²) in [6.45, 7) is 0. The largest absolute Gasteiger partial charge is 2.00 e. The van der Waals surface area contributed by atoms with Crippen molar-refractivity contribution in [2.75, 3.05) is 0 Å². The molecule has 0 aromatic heterocycles. The van der Waals surface area contributed by atoms with Crippen molar-refractivity contribution >= 4 is 11.4 Å². The van der Waals surface area contributed by atoms with Gasteiger partial charge in [-0.05, 0) is 0 Å². The first kappa shape index (κ1) is 15.9. The molecule has 0 amide bonds. The van der Waals surface area contributed by atoms with Gasteiger partial charge in [0.1, 0.15) is 0 Å². The van der Waals surface area contributed by atoms with Crippen LogP contribution in [0.2, 0.25) is 0 Å². The molecule has 0 saturated carbocycles. The van der Waals surface area contributed by atoms with E-state index in [0.717, 1.165) is 0 Å². The Hall–Kier alpha value is 0.718. The van der Waals surface area contributed by atoms with E-state index in [0.29, 0.717) is 0 Å². The minimum atomic E-state index is -3.11. The SMILES string of the molecule is O=S([O-])[O-].[H+].[OH-].[Pt+2]. The zero-order valence-electron chi connectivity index (χ0n) is 3.40. The molecule has 4 nitrogen and oxygen atoms in total. The third-order valence-electron chi connectivity index (χ3n) is 0. The fraction of sp³-hybridized carbons (Fsp3) is 0. The predicted octanol–water partition coefficient (Wildman–Crippen LogP) is -1.07. The Morgan fingerprint density at radius 3 is 1.50 bits per heavy atom. The van der Waals surface area contributed by atoms with Crippen LogP contribution in [0.25, 0.3) is 0 Å². The fourth-order valence-corrected chi connectivity index (χ4v) is 0. The molecule has 6 heteroatoms. The van der Waals surface area contributed by atoms with Gasteiger partial charge in [0.25, 0.3) is 0 Å². The van der Waals surface area contributed by atoms with Gasteiger partial charge in [0, 0.05) is 0 Å². The van der Waals surface area contributed by atoms with Crippen LogP contribution in [0.5, 0.6) is 0 Å². The normalized spacial score (nSPS) is 5.83. The molecule has 0 aromatic rings. The van der Waals surface area contributed by atoms with Crippen molar-refractivity contribution in [1.82, 2.24) is 0 Å². The van der Waals surface area contributed by atoms with E-state index in [-0.39, 0.29) is 28.0 Å². The topological polar surface area (TPSA) is 93.2 Å². The van der Waals surface area contributed by atoms with Crippen molar-refractivity contribution in [2.45, 2.75) is 0 Å². The van der Waals surface area contributed by atoms with Crippen LogP contribution in [0, 0.1) is 0 Å². The molecule has 0 bridgehead atoms. The summed E-state index contributed by atoms with van der Waals surface area (Å²) in [5, 5.41) is 0. The van der Waals surface area contributed by atoms with Gasteiger partial charge >= 0.3 is 22.5 Å². The Labute approximate surface area is 53.1 Å². The fourth-order valence-electron chi connectivity index (χ4n) is 0. The molecule has 0 aliphatic heterocycles. The van der Waals surface area contributed by atoms with Gasteiger partial charge in [-0.3, -0.25) is 4.21 Å². The Morgan fingerprint density at radius 2 is 1.50 bits per heavy atom. The molecule has 0 spiro atoms. The molecule has 1 N–H and O–H groups in total. The molecule has 0 fully saturated rings. The van der Waals surface area contributed by atoms with Crippen molar-refractivity contribution in [3.05, 3.63) is 0 Å². The van der Waals surface area contributed by atoms with Crippen LogP contribution in [-0.2, 0) is 32.4 Å². The first-order valence-electron chi connectivity index (χ1n) is 0.500. The van der Waals surface area contributed by atoms with E-state index < -0.39 is 11.4 Å². The maximum Gasteiger partial charge on any atom is 2.00 e. The molecule has 6 heavy (non-hydrogen) atoms. The Balaban J connectivity index is -0.0000000150. The molecule has 0 aromatic carbocycles. The van der Waals surface area contributed by atoms with E-state index in [1.807, 2.05) is 0 Å². The third kappa shape index (κ3) is 126. The number of hydrogen-bond acceptors (Lipinski definition) is 4. The second-order valence-corrected chi connectivity index (χ2v) is 0.612. The van der Waals surface area contributed by atoms with Gasteiger partial charge in [-0.25, -0.2) is 0 Å². The summed E-state index contributed by atoms with van der Waals surface area (Å²) in [7, 11) is 0. The summed E-state index contributed by atoms with van der Waals surface area (Å²) in [6, 6.07) is 0. The minimum absolute atomic E-state index is 0. The van der Waals surface area contributed by atoms with Gasteiger partial charge in [-0.2, -0.15) is 0 Å². The van der Waals surface area contributed by atoms with Crippen molar-refractivity contribution in [1.29, 1.82) is 0 Å². The minimum Gasteiger partial charge on any atom is -0.870 e. The van der Waals surface area contributed by atoms with Crippen molar-refractivity contribution in [3.63, 3.8) is 0 Å². The van der Waals surface area contributed by atoms with Gasteiger partial charge in [0.05, 0.1) is 0 Å². The second kappa shape index (κ2) is 9.21. The monoisotopic (exact) mass is 293 g/mol. The van der Waals surface area contributed by atoms with Crippen LogP contribution < -0.4 is 0 Å². The van der Waals surface area contributed by atoms with Gasteiger partial charge in [-0.1, -0.05) is 0 Å². The van der Waals surface area contributed by atoms with E-state index in [2.05, 4.69) is 0 Å². The molecule has 0 rings (SSSR count). The summed E-state index contributed by atoms with van der Waals surface area (Å²) < 4.78 is 25.3. The zero-order valence-corrected chi connectivity index (χ0v) is 5.49. The molecular formula is H2O4PtS.